The Hall–Kier alpha value is -1.67. The summed E-state index contributed by atoms with van der Waals surface area (Å²) in [5.41, 5.74) is 3.61. The van der Waals surface area contributed by atoms with Crippen LogP contribution in [0.3, 0.4) is 0 Å². The molecule has 3 aromatic rings. The minimum absolute atomic E-state index is 1.01. The molecule has 0 aliphatic rings. The monoisotopic (exact) mass is 239 g/mol. The molecule has 1 nitrogen and oxygen atoms in total. The Morgan fingerprint density at radius 3 is 2.59 bits per heavy atom. The Labute approximate surface area is 105 Å². The van der Waals surface area contributed by atoms with E-state index in [1.165, 1.54) is 20.8 Å². The fourth-order valence-corrected chi connectivity index (χ4v) is 2.82. The molecule has 2 aromatic carbocycles. The first kappa shape index (κ1) is 10.5. The van der Waals surface area contributed by atoms with Crippen molar-refractivity contribution in [1.82, 2.24) is 4.98 Å². The van der Waals surface area contributed by atoms with Crippen LogP contribution in [0.25, 0.3) is 21.3 Å². The molecule has 2 heteroatoms. The Bertz CT molecular complexity index is 640. The molecule has 0 aliphatic carbocycles. The van der Waals surface area contributed by atoms with Gasteiger partial charge in [-0.05, 0) is 29.7 Å². The summed E-state index contributed by atoms with van der Waals surface area (Å²) in [4.78, 5) is 4.64. The summed E-state index contributed by atoms with van der Waals surface area (Å²) in [7, 11) is 0. The maximum Gasteiger partial charge on any atom is 0.0935 e. The van der Waals surface area contributed by atoms with Crippen molar-refractivity contribution in [3.8, 4) is 11.1 Å². The smallest absolute Gasteiger partial charge is 0.0935 e. The first-order chi connectivity index (χ1) is 8.36. The quantitative estimate of drug-likeness (QED) is 0.640. The van der Waals surface area contributed by atoms with Gasteiger partial charge in [0.1, 0.15) is 0 Å². The number of nitrogens with zero attached hydrogens (tertiary/aromatic N) is 1. The van der Waals surface area contributed by atoms with Crippen molar-refractivity contribution in [2.45, 2.75) is 13.3 Å². The highest BCUT2D eigenvalue weighted by molar-refractivity contribution is 7.18. The van der Waals surface area contributed by atoms with E-state index in [1.807, 2.05) is 6.07 Å². The van der Waals surface area contributed by atoms with Crippen LogP contribution in [0.2, 0.25) is 0 Å². The van der Waals surface area contributed by atoms with Crippen LogP contribution in [-0.4, -0.2) is 4.98 Å². The number of thiazole rings is 1. The summed E-state index contributed by atoms with van der Waals surface area (Å²) in [5.74, 6) is 0. The molecule has 1 aromatic heterocycles. The lowest BCUT2D eigenvalue weighted by molar-refractivity contribution is 1.11. The second-order valence-electron chi connectivity index (χ2n) is 4.01. The van der Waals surface area contributed by atoms with E-state index < -0.39 is 0 Å². The van der Waals surface area contributed by atoms with Crippen LogP contribution in [-0.2, 0) is 6.42 Å². The van der Waals surface area contributed by atoms with Gasteiger partial charge in [0.15, 0.2) is 0 Å². The number of aromatic nitrogens is 1. The van der Waals surface area contributed by atoms with E-state index in [-0.39, 0.29) is 0 Å². The van der Waals surface area contributed by atoms with Gasteiger partial charge in [-0.1, -0.05) is 43.3 Å². The maximum absolute atomic E-state index is 4.64. The standard InChI is InChI=1S/C15H13NS/c1-2-15-16-13-10-12(8-9-14(13)17-15)11-6-4-3-5-7-11/h3-10H,2H2,1H3. The number of aryl methyl sites for hydroxylation is 1. The molecule has 0 amide bonds. The van der Waals surface area contributed by atoms with Gasteiger partial charge in [-0.3, -0.25) is 0 Å². The normalized spacial score (nSPS) is 10.9. The molecule has 0 spiro atoms. The molecule has 0 radical (unpaired) electrons. The molecule has 0 bridgehead atoms. The lowest BCUT2D eigenvalue weighted by Gasteiger charge is -2.00. The van der Waals surface area contributed by atoms with Crippen LogP contribution in [0.4, 0.5) is 0 Å². The van der Waals surface area contributed by atoms with Gasteiger partial charge in [-0.25, -0.2) is 4.98 Å². The lowest BCUT2D eigenvalue weighted by atomic mass is 10.1. The van der Waals surface area contributed by atoms with Crippen molar-refractivity contribution < 1.29 is 0 Å². The van der Waals surface area contributed by atoms with E-state index in [0.29, 0.717) is 0 Å². The minimum atomic E-state index is 1.01. The van der Waals surface area contributed by atoms with E-state index in [0.717, 1.165) is 11.9 Å². The van der Waals surface area contributed by atoms with E-state index >= 15 is 0 Å². The highest BCUT2D eigenvalue weighted by Gasteiger charge is 2.04. The van der Waals surface area contributed by atoms with Gasteiger partial charge in [0.2, 0.25) is 0 Å². The third-order valence-electron chi connectivity index (χ3n) is 2.84. The van der Waals surface area contributed by atoms with Gasteiger partial charge in [-0.15, -0.1) is 11.3 Å². The second-order valence-corrected chi connectivity index (χ2v) is 5.12. The third kappa shape index (κ3) is 1.96. The first-order valence-electron chi connectivity index (χ1n) is 5.81. The molecule has 0 aliphatic heterocycles. The van der Waals surface area contributed by atoms with Crippen LogP contribution in [0, 0.1) is 0 Å². The van der Waals surface area contributed by atoms with Crippen LogP contribution in [0.15, 0.2) is 48.5 Å². The van der Waals surface area contributed by atoms with Crippen LogP contribution < -0.4 is 0 Å². The molecule has 3 rings (SSSR count). The molecule has 0 saturated carbocycles. The largest absolute Gasteiger partial charge is 0.241 e. The van der Waals surface area contributed by atoms with Gasteiger partial charge in [-0.2, -0.15) is 0 Å². The van der Waals surface area contributed by atoms with Gasteiger partial charge in [0.05, 0.1) is 15.2 Å². The topological polar surface area (TPSA) is 12.9 Å². The number of benzene rings is 2. The van der Waals surface area contributed by atoms with E-state index in [1.54, 1.807) is 11.3 Å². The molecule has 0 atom stereocenters. The molecular weight excluding hydrogens is 226 g/mol. The Morgan fingerprint density at radius 1 is 1.00 bits per heavy atom. The van der Waals surface area contributed by atoms with Crippen molar-refractivity contribution in [3.05, 3.63) is 53.5 Å². The highest BCUT2D eigenvalue weighted by atomic mass is 32.1. The summed E-state index contributed by atoms with van der Waals surface area (Å²) in [6.07, 6.45) is 1.01. The zero-order valence-electron chi connectivity index (χ0n) is 9.68. The van der Waals surface area contributed by atoms with Gasteiger partial charge in [0, 0.05) is 0 Å². The molecule has 0 unspecified atom stereocenters. The molecule has 84 valence electrons. The van der Waals surface area contributed by atoms with Crippen molar-refractivity contribution in [1.29, 1.82) is 0 Å². The molecule has 17 heavy (non-hydrogen) atoms. The lowest BCUT2D eigenvalue weighted by Crippen LogP contribution is -1.78. The summed E-state index contributed by atoms with van der Waals surface area (Å²) >= 11 is 1.79. The van der Waals surface area contributed by atoms with Crippen LogP contribution in [0.5, 0.6) is 0 Å². The van der Waals surface area contributed by atoms with Crippen molar-refractivity contribution in [3.63, 3.8) is 0 Å². The number of hydrogen-bond donors (Lipinski definition) is 0. The van der Waals surface area contributed by atoms with Crippen molar-refractivity contribution in [2.75, 3.05) is 0 Å². The Balaban J connectivity index is 2.13. The van der Waals surface area contributed by atoms with Gasteiger partial charge in [0.25, 0.3) is 0 Å². The Kier molecular flexibility index (Phi) is 2.65. The fourth-order valence-electron chi connectivity index (χ4n) is 1.94. The summed E-state index contributed by atoms with van der Waals surface area (Å²) < 4.78 is 1.28. The van der Waals surface area contributed by atoms with Crippen molar-refractivity contribution >= 4 is 21.6 Å². The average Bonchev–Trinajstić information content (AvgIpc) is 2.81. The van der Waals surface area contributed by atoms with E-state index in [4.69, 9.17) is 0 Å². The van der Waals surface area contributed by atoms with Gasteiger partial charge < -0.3 is 0 Å². The molecule has 1 heterocycles. The first-order valence-corrected chi connectivity index (χ1v) is 6.63. The zero-order valence-corrected chi connectivity index (χ0v) is 10.5. The molecule has 0 N–H and O–H groups in total. The Morgan fingerprint density at radius 2 is 1.82 bits per heavy atom. The second kappa shape index (κ2) is 4.30. The van der Waals surface area contributed by atoms with E-state index in [9.17, 15) is 0 Å². The SMILES string of the molecule is CCc1nc2cc(-c3ccccc3)ccc2s1. The highest BCUT2D eigenvalue weighted by Crippen LogP contribution is 2.27. The summed E-state index contributed by atoms with van der Waals surface area (Å²) in [5, 5.41) is 1.21. The number of rotatable bonds is 2. The van der Waals surface area contributed by atoms with Gasteiger partial charge >= 0.3 is 0 Å². The summed E-state index contributed by atoms with van der Waals surface area (Å²) in [6, 6.07) is 17.0. The zero-order chi connectivity index (χ0) is 11.7. The fraction of sp³-hybridized carbons (Fsp3) is 0.133. The number of hydrogen-bond acceptors (Lipinski definition) is 2. The molecule has 0 fully saturated rings. The van der Waals surface area contributed by atoms with Crippen LogP contribution >= 0.6 is 11.3 Å². The maximum atomic E-state index is 4.64. The molecule has 0 saturated heterocycles. The van der Waals surface area contributed by atoms with Crippen LogP contribution in [0.1, 0.15) is 11.9 Å². The number of fused-ring (bicyclic) bond motifs is 1. The van der Waals surface area contributed by atoms with E-state index in [2.05, 4.69) is 54.4 Å². The minimum Gasteiger partial charge on any atom is -0.241 e. The average molecular weight is 239 g/mol. The summed E-state index contributed by atoms with van der Waals surface area (Å²) in [6.45, 7) is 2.15. The predicted octanol–water partition coefficient (Wildman–Crippen LogP) is 4.53. The predicted molar refractivity (Wildman–Crippen MR) is 74.4 cm³/mol. The molecular formula is C15H13NS. The third-order valence-corrected chi connectivity index (χ3v) is 4.02. The van der Waals surface area contributed by atoms with Crippen molar-refractivity contribution in [2.24, 2.45) is 0 Å².